The molecular weight excluding hydrogens is 447 g/mol. The molecule has 0 aliphatic heterocycles. The summed E-state index contributed by atoms with van der Waals surface area (Å²) >= 11 is 0. The minimum Gasteiger partial charge on any atom is -0.507 e. The van der Waals surface area contributed by atoms with Crippen molar-refractivity contribution in [3.05, 3.63) is 46.5 Å². The van der Waals surface area contributed by atoms with E-state index in [2.05, 4.69) is 58.9 Å². The molecule has 0 heterocycles. The van der Waals surface area contributed by atoms with Gasteiger partial charge in [0.15, 0.2) is 0 Å². The summed E-state index contributed by atoms with van der Waals surface area (Å²) in [6.45, 7) is 11.1. The number of hydrogen-bond donors (Lipinski definition) is 2. The molecule has 0 aliphatic carbocycles. The topological polar surface area (TPSA) is 40.5 Å². The molecule has 2 nitrogen and oxygen atoms in total. The van der Waals surface area contributed by atoms with Gasteiger partial charge in [0.25, 0.3) is 0 Å². The fourth-order valence-corrected chi connectivity index (χ4v) is 7.56. The predicted molar refractivity (Wildman–Crippen MR) is 157 cm³/mol. The Hall–Kier alpha value is -1.53. The first-order valence-electron chi connectivity index (χ1n) is 14.5. The van der Waals surface area contributed by atoms with Gasteiger partial charge in [0.2, 0.25) is 0 Å². The molecule has 35 heavy (non-hydrogen) atoms. The lowest BCUT2D eigenvalue weighted by atomic mass is 10.0. The van der Waals surface area contributed by atoms with Crippen molar-refractivity contribution in [3.63, 3.8) is 0 Å². The highest BCUT2D eigenvalue weighted by Crippen LogP contribution is 2.43. The van der Waals surface area contributed by atoms with E-state index in [4.69, 9.17) is 0 Å². The van der Waals surface area contributed by atoms with Gasteiger partial charge in [-0.05, 0) is 106 Å². The van der Waals surface area contributed by atoms with Crippen molar-refractivity contribution in [1.82, 2.24) is 0 Å². The Morgan fingerprint density at radius 2 is 0.886 bits per heavy atom. The maximum Gasteiger partial charge on any atom is 0.126 e. The average Bonchev–Trinajstić information content (AvgIpc) is 2.87. The number of benzene rings is 2. The van der Waals surface area contributed by atoms with Crippen molar-refractivity contribution in [1.29, 1.82) is 0 Å². The standard InChI is InChI=1S/C32H51O2P/c1-6-11-16-25-21-27(18-13-8-3)31(33)29(23-25)35(20-15-10-5)30-24-26(17-12-7-2)22-28(32(30)34)19-14-9-4/h21-24,33-34H,6-20H2,1-5H3. The van der Waals surface area contributed by atoms with Crippen molar-refractivity contribution in [3.8, 4) is 11.5 Å². The van der Waals surface area contributed by atoms with Crippen LogP contribution in [0.5, 0.6) is 11.5 Å². The van der Waals surface area contributed by atoms with Crippen LogP contribution in [0.1, 0.15) is 121 Å². The first kappa shape index (κ1) is 29.7. The second-order valence-corrected chi connectivity index (χ2v) is 12.4. The molecule has 0 saturated carbocycles. The highest BCUT2D eigenvalue weighted by molar-refractivity contribution is 7.73. The monoisotopic (exact) mass is 498 g/mol. The van der Waals surface area contributed by atoms with E-state index in [1.807, 2.05) is 0 Å². The van der Waals surface area contributed by atoms with E-state index in [0.717, 1.165) is 92.1 Å². The summed E-state index contributed by atoms with van der Waals surface area (Å²) in [5, 5.41) is 25.3. The zero-order valence-corrected chi connectivity index (χ0v) is 24.2. The Bertz CT molecular complexity index is 820. The molecule has 0 spiro atoms. The zero-order chi connectivity index (χ0) is 25.6. The van der Waals surface area contributed by atoms with Crippen molar-refractivity contribution >= 4 is 18.5 Å². The molecule has 0 aliphatic rings. The van der Waals surface area contributed by atoms with E-state index in [0.29, 0.717) is 11.5 Å². The lowest BCUT2D eigenvalue weighted by molar-refractivity contribution is 0.470. The Balaban J connectivity index is 2.67. The fraction of sp³-hybridized carbons (Fsp3) is 0.625. The highest BCUT2D eigenvalue weighted by atomic mass is 31.1. The van der Waals surface area contributed by atoms with Gasteiger partial charge in [0.1, 0.15) is 11.5 Å². The molecular formula is C32H51O2P. The van der Waals surface area contributed by atoms with Gasteiger partial charge in [-0.25, -0.2) is 0 Å². The third kappa shape index (κ3) is 8.82. The van der Waals surface area contributed by atoms with Gasteiger partial charge >= 0.3 is 0 Å². The summed E-state index contributed by atoms with van der Waals surface area (Å²) < 4.78 is 0. The molecule has 0 fully saturated rings. The third-order valence-electron chi connectivity index (χ3n) is 7.01. The van der Waals surface area contributed by atoms with Crippen molar-refractivity contribution in [2.24, 2.45) is 0 Å². The smallest absolute Gasteiger partial charge is 0.126 e. The predicted octanol–water partition coefficient (Wildman–Crippen LogP) is 8.70. The van der Waals surface area contributed by atoms with Gasteiger partial charge in [-0.2, -0.15) is 0 Å². The van der Waals surface area contributed by atoms with Gasteiger partial charge < -0.3 is 10.2 Å². The maximum absolute atomic E-state index is 11.5. The van der Waals surface area contributed by atoms with Crippen LogP contribution in [0.15, 0.2) is 24.3 Å². The van der Waals surface area contributed by atoms with Crippen LogP contribution in [0.3, 0.4) is 0 Å². The van der Waals surface area contributed by atoms with Gasteiger partial charge in [0, 0.05) is 10.6 Å². The number of rotatable bonds is 17. The molecule has 3 heteroatoms. The van der Waals surface area contributed by atoms with Crippen LogP contribution in [-0.4, -0.2) is 16.4 Å². The van der Waals surface area contributed by atoms with Crippen LogP contribution in [0, 0.1) is 0 Å². The van der Waals surface area contributed by atoms with Crippen molar-refractivity contribution < 1.29 is 10.2 Å². The molecule has 2 aromatic rings. The second-order valence-electron chi connectivity index (χ2n) is 10.2. The number of aryl methyl sites for hydroxylation is 4. The Morgan fingerprint density at radius 1 is 0.514 bits per heavy atom. The van der Waals surface area contributed by atoms with Crippen molar-refractivity contribution in [2.75, 3.05) is 6.16 Å². The summed E-state index contributed by atoms with van der Waals surface area (Å²) in [6.07, 6.45) is 16.3. The molecule has 2 rings (SSSR count). The third-order valence-corrected chi connectivity index (χ3v) is 9.62. The van der Waals surface area contributed by atoms with Gasteiger partial charge in [-0.15, -0.1) is 0 Å². The van der Waals surface area contributed by atoms with Crippen LogP contribution in [0.25, 0.3) is 0 Å². The van der Waals surface area contributed by atoms with Crippen LogP contribution in [0.4, 0.5) is 0 Å². The molecule has 0 atom stereocenters. The molecule has 0 saturated heterocycles. The normalized spacial score (nSPS) is 11.5. The van der Waals surface area contributed by atoms with Crippen LogP contribution < -0.4 is 10.6 Å². The van der Waals surface area contributed by atoms with Gasteiger partial charge in [-0.1, -0.05) is 78.9 Å². The molecule has 196 valence electrons. The number of phenols is 2. The molecule has 2 N–H and O–H groups in total. The number of hydrogen-bond acceptors (Lipinski definition) is 2. The average molecular weight is 499 g/mol. The number of aromatic hydroxyl groups is 2. The zero-order valence-electron chi connectivity index (χ0n) is 23.3. The van der Waals surface area contributed by atoms with Crippen molar-refractivity contribution in [2.45, 2.75) is 125 Å². The van der Waals surface area contributed by atoms with Crippen LogP contribution >= 0.6 is 7.92 Å². The molecule has 0 bridgehead atoms. The minimum atomic E-state index is -0.823. The lowest BCUT2D eigenvalue weighted by Gasteiger charge is -2.25. The summed E-state index contributed by atoms with van der Waals surface area (Å²) in [4.78, 5) is 0. The molecule has 0 radical (unpaired) electrons. The summed E-state index contributed by atoms with van der Waals surface area (Å²) in [7, 11) is -0.823. The fourth-order valence-electron chi connectivity index (χ4n) is 4.75. The van der Waals surface area contributed by atoms with E-state index in [1.165, 1.54) is 36.8 Å². The number of phenolic OH excluding ortho intramolecular Hbond substituents is 2. The maximum atomic E-state index is 11.5. The van der Waals surface area contributed by atoms with Gasteiger partial charge in [-0.3, -0.25) is 0 Å². The lowest BCUT2D eigenvalue weighted by Crippen LogP contribution is -2.19. The van der Waals surface area contributed by atoms with E-state index in [9.17, 15) is 10.2 Å². The van der Waals surface area contributed by atoms with Gasteiger partial charge in [0.05, 0.1) is 0 Å². The highest BCUT2D eigenvalue weighted by Gasteiger charge is 2.24. The first-order valence-corrected chi connectivity index (χ1v) is 16.0. The molecule has 0 aromatic heterocycles. The first-order chi connectivity index (χ1) is 17.0. The van der Waals surface area contributed by atoms with Crippen LogP contribution in [-0.2, 0) is 25.7 Å². The molecule has 0 amide bonds. The quantitative estimate of drug-likeness (QED) is 0.214. The Labute approximate surface area is 217 Å². The number of unbranched alkanes of at least 4 members (excludes halogenated alkanes) is 5. The summed E-state index contributed by atoms with van der Waals surface area (Å²) in [5.74, 6) is 0.990. The largest absolute Gasteiger partial charge is 0.507 e. The minimum absolute atomic E-state index is 0.495. The van der Waals surface area contributed by atoms with E-state index in [-0.39, 0.29) is 0 Å². The second kappa shape index (κ2) is 16.3. The summed E-state index contributed by atoms with van der Waals surface area (Å²) in [5.41, 5.74) is 4.91. The van der Waals surface area contributed by atoms with E-state index in [1.54, 1.807) is 0 Å². The van der Waals surface area contributed by atoms with E-state index >= 15 is 0 Å². The van der Waals surface area contributed by atoms with E-state index < -0.39 is 7.92 Å². The summed E-state index contributed by atoms with van der Waals surface area (Å²) in [6, 6.07) is 9.07. The molecule has 0 unspecified atom stereocenters. The Kier molecular flexibility index (Phi) is 13.8. The van der Waals surface area contributed by atoms with Crippen LogP contribution in [0.2, 0.25) is 0 Å². The molecule has 2 aromatic carbocycles. The Morgan fingerprint density at radius 3 is 1.26 bits per heavy atom. The SMILES string of the molecule is CCCCc1cc(CCCC)c(O)c(P(CCCC)c2cc(CCCC)cc(CCCC)c2O)c1.